The van der Waals surface area contributed by atoms with Gasteiger partial charge >= 0.3 is 0 Å². The monoisotopic (exact) mass is 590 g/mol. The zero-order valence-electron chi connectivity index (χ0n) is 23.0. The van der Waals surface area contributed by atoms with Crippen LogP contribution < -0.4 is 10.1 Å². The van der Waals surface area contributed by atoms with Gasteiger partial charge in [0.2, 0.25) is 12.1 Å². The number of hydrogen-bond donors (Lipinski definition) is 7. The molecular formula is C31H30N2O10. The first-order valence-corrected chi connectivity index (χ1v) is 14.0. The van der Waals surface area contributed by atoms with Crippen molar-refractivity contribution >= 4 is 28.2 Å². The second-order valence-electron chi connectivity index (χ2n) is 11.8. The number of anilines is 1. The summed E-state index contributed by atoms with van der Waals surface area (Å²) < 4.78 is 12.3. The van der Waals surface area contributed by atoms with Gasteiger partial charge in [0, 0.05) is 35.2 Å². The first-order valence-electron chi connectivity index (χ1n) is 14.0. The van der Waals surface area contributed by atoms with Crippen LogP contribution in [-0.4, -0.2) is 96.1 Å². The van der Waals surface area contributed by atoms with Crippen molar-refractivity contribution in [1.82, 2.24) is 4.98 Å². The SMILES string of the molecule is Cc1cc(O)c2c(c1)C(=O)c1c(c3cc4c(nccc14)NC[C@@H](O)CC[C@@H]1C=C[C@@]4(O)[C@@H](O)[C@H](O3)O[C@]1(CO)[C@H]4O)C2=O. The molecular weight excluding hydrogens is 560 g/mol. The molecule has 224 valence electrons. The zero-order valence-corrected chi connectivity index (χ0v) is 23.0. The van der Waals surface area contributed by atoms with Crippen molar-refractivity contribution < 1.29 is 49.7 Å². The number of pyridine rings is 1. The van der Waals surface area contributed by atoms with Gasteiger partial charge in [-0.05, 0) is 55.0 Å². The molecule has 0 radical (unpaired) electrons. The molecule has 4 aliphatic rings. The molecule has 2 aliphatic heterocycles. The number of carbonyl (C=O) groups excluding carboxylic acids is 2. The lowest BCUT2D eigenvalue weighted by Crippen LogP contribution is -2.76. The zero-order chi connectivity index (χ0) is 30.4. The lowest BCUT2D eigenvalue weighted by atomic mass is 9.65. The molecule has 1 aromatic heterocycles. The molecule has 1 fully saturated rings. The summed E-state index contributed by atoms with van der Waals surface area (Å²) in [5.41, 5.74) is -3.98. The second-order valence-corrected chi connectivity index (χ2v) is 11.8. The molecule has 7 N–H and O–H groups in total. The number of nitrogens with one attached hydrogen (secondary N) is 1. The second kappa shape index (κ2) is 9.55. The van der Waals surface area contributed by atoms with Crippen molar-refractivity contribution in [1.29, 1.82) is 0 Å². The van der Waals surface area contributed by atoms with Crippen LogP contribution in [0.25, 0.3) is 10.8 Å². The Morgan fingerprint density at radius 2 is 1.84 bits per heavy atom. The van der Waals surface area contributed by atoms with Crippen LogP contribution in [0.1, 0.15) is 50.2 Å². The number of hydrogen-bond acceptors (Lipinski definition) is 12. The number of phenols is 1. The van der Waals surface area contributed by atoms with E-state index in [2.05, 4.69) is 10.3 Å². The van der Waals surface area contributed by atoms with Crippen molar-refractivity contribution in [2.45, 2.75) is 55.6 Å². The number of rotatable bonds is 1. The Bertz CT molecular complexity index is 1740. The summed E-state index contributed by atoms with van der Waals surface area (Å²) in [5.74, 6) is -2.27. The van der Waals surface area contributed by atoms with Crippen LogP contribution in [-0.2, 0) is 4.74 Å². The topological polar surface area (TPSA) is 199 Å². The molecule has 2 aromatic carbocycles. The van der Waals surface area contributed by atoms with E-state index in [-0.39, 0.29) is 53.1 Å². The summed E-state index contributed by atoms with van der Waals surface area (Å²) >= 11 is 0. The normalized spacial score (nSPS) is 33.0. The third-order valence-corrected chi connectivity index (χ3v) is 9.22. The number of aromatic nitrogens is 1. The van der Waals surface area contributed by atoms with Crippen molar-refractivity contribution in [2.24, 2.45) is 5.92 Å². The fraction of sp³-hybridized carbons (Fsp3) is 0.387. The summed E-state index contributed by atoms with van der Waals surface area (Å²) in [5, 5.41) is 69.9. The number of aliphatic hydroxyl groups excluding tert-OH is 4. The number of carbonyl (C=O) groups is 2. The average molecular weight is 591 g/mol. The summed E-state index contributed by atoms with van der Waals surface area (Å²) in [6.45, 7) is 0.969. The molecule has 0 unspecified atom stereocenters. The summed E-state index contributed by atoms with van der Waals surface area (Å²) in [6.07, 6.45) is -1.62. The average Bonchev–Trinajstić information content (AvgIpc) is 2.97. The minimum atomic E-state index is -2.30. The first-order chi connectivity index (χ1) is 20.5. The molecule has 3 heterocycles. The largest absolute Gasteiger partial charge is 0.507 e. The Balaban J connectivity index is 1.49. The number of fused-ring (bicyclic) bond motifs is 7. The Morgan fingerprint density at radius 3 is 2.60 bits per heavy atom. The molecule has 5 bridgehead atoms. The van der Waals surface area contributed by atoms with Gasteiger partial charge < -0.3 is 45.4 Å². The summed E-state index contributed by atoms with van der Waals surface area (Å²) in [4.78, 5) is 32.5. The third-order valence-electron chi connectivity index (χ3n) is 9.22. The molecule has 0 spiro atoms. The van der Waals surface area contributed by atoms with Crippen LogP contribution in [0.3, 0.4) is 0 Å². The number of ether oxygens (including phenoxy) is 2. The summed E-state index contributed by atoms with van der Waals surface area (Å²) in [7, 11) is 0. The minimum Gasteiger partial charge on any atom is -0.507 e. The van der Waals surface area contributed by atoms with Crippen LogP contribution in [0.5, 0.6) is 11.5 Å². The van der Waals surface area contributed by atoms with E-state index in [9.17, 15) is 40.2 Å². The van der Waals surface area contributed by atoms with E-state index in [0.717, 1.165) is 0 Å². The maximum Gasteiger partial charge on any atom is 0.230 e. The van der Waals surface area contributed by atoms with Crippen LogP contribution in [0.4, 0.5) is 5.82 Å². The van der Waals surface area contributed by atoms with E-state index < -0.39 is 59.9 Å². The van der Waals surface area contributed by atoms with Crippen LogP contribution in [0.15, 0.2) is 42.6 Å². The van der Waals surface area contributed by atoms with E-state index in [4.69, 9.17) is 9.47 Å². The molecule has 1 saturated heterocycles. The van der Waals surface area contributed by atoms with Gasteiger partial charge in [-0.2, -0.15) is 0 Å². The van der Waals surface area contributed by atoms with Crippen molar-refractivity contribution in [3.8, 4) is 11.5 Å². The Morgan fingerprint density at radius 1 is 1.05 bits per heavy atom. The number of phenolic OH excluding ortho intramolecular Hbond substituents is 1. The molecule has 2 aliphatic carbocycles. The third kappa shape index (κ3) is 3.81. The molecule has 3 aromatic rings. The van der Waals surface area contributed by atoms with Gasteiger partial charge in [-0.15, -0.1) is 0 Å². The highest BCUT2D eigenvalue weighted by Crippen LogP contribution is 2.49. The molecule has 12 heteroatoms. The molecule has 12 nitrogen and oxygen atoms in total. The highest BCUT2D eigenvalue weighted by Gasteiger charge is 2.65. The van der Waals surface area contributed by atoms with Crippen LogP contribution >= 0.6 is 0 Å². The number of ketones is 2. The molecule has 7 atom stereocenters. The van der Waals surface area contributed by atoms with Gasteiger partial charge in [-0.25, -0.2) is 4.98 Å². The van der Waals surface area contributed by atoms with E-state index in [1.54, 1.807) is 13.0 Å². The van der Waals surface area contributed by atoms with Crippen molar-refractivity contribution in [2.75, 3.05) is 18.5 Å². The van der Waals surface area contributed by atoms with Crippen LogP contribution in [0.2, 0.25) is 0 Å². The molecule has 7 rings (SSSR count). The maximum absolute atomic E-state index is 14.1. The lowest BCUT2D eigenvalue weighted by Gasteiger charge is -2.57. The molecule has 43 heavy (non-hydrogen) atoms. The number of aryl methyl sites for hydroxylation is 1. The van der Waals surface area contributed by atoms with Gasteiger partial charge in [0.15, 0.2) is 11.9 Å². The Labute approximate surface area is 244 Å². The van der Waals surface area contributed by atoms with E-state index in [1.807, 2.05) is 0 Å². The number of aromatic hydroxyl groups is 1. The van der Waals surface area contributed by atoms with E-state index >= 15 is 0 Å². The maximum atomic E-state index is 14.1. The van der Waals surface area contributed by atoms with E-state index in [0.29, 0.717) is 22.2 Å². The Kier molecular flexibility index (Phi) is 6.19. The van der Waals surface area contributed by atoms with Gasteiger partial charge in [-0.1, -0.05) is 12.2 Å². The molecule has 0 saturated carbocycles. The van der Waals surface area contributed by atoms with Crippen LogP contribution in [0, 0.1) is 12.8 Å². The lowest BCUT2D eigenvalue weighted by molar-refractivity contribution is -0.352. The smallest absolute Gasteiger partial charge is 0.230 e. The quantitative estimate of drug-likeness (QED) is 0.153. The van der Waals surface area contributed by atoms with Crippen molar-refractivity contribution in [3.63, 3.8) is 0 Å². The number of β-amino-alcohol motifs (C(OH)–C–C–N with tert-alkyl or cyclic N) is 1. The van der Waals surface area contributed by atoms with Gasteiger partial charge in [-0.3, -0.25) is 9.59 Å². The predicted octanol–water partition coefficient (Wildman–Crippen LogP) is 0.696. The number of benzene rings is 2. The van der Waals surface area contributed by atoms with E-state index in [1.165, 1.54) is 36.5 Å². The van der Waals surface area contributed by atoms with Gasteiger partial charge in [0.1, 0.15) is 34.6 Å². The standard InChI is InChI=1S/C31H30N2O10/c1-13-8-18-21(19(36)9-13)25(38)23-20-10-17-16(22(23)24(18)37)5-7-32-27(17)33-11-15(35)3-2-14-4-6-30(41)26(39)28(42-20)43-31(14,12-34)29(30)40/h4-10,14-15,26,28-29,34-36,39-41H,2-3,11-12H2,1H3,(H,32,33)/t14-,15+,26+,28-,29+,30-,31+/m1/s1. The Hall–Kier alpha value is -3.91. The summed E-state index contributed by atoms with van der Waals surface area (Å²) in [6, 6.07) is 5.89. The van der Waals surface area contributed by atoms with Gasteiger partial charge in [0.25, 0.3) is 0 Å². The number of aliphatic hydroxyl groups is 5. The minimum absolute atomic E-state index is 0.0118. The molecule has 0 amide bonds. The highest BCUT2D eigenvalue weighted by molar-refractivity contribution is 6.34. The number of nitrogens with zero attached hydrogens (tertiary/aromatic N) is 1. The van der Waals surface area contributed by atoms with Crippen molar-refractivity contribution in [3.05, 3.63) is 70.4 Å². The highest BCUT2D eigenvalue weighted by atomic mass is 16.7. The predicted molar refractivity (Wildman–Crippen MR) is 150 cm³/mol. The first kappa shape index (κ1) is 27.9. The van der Waals surface area contributed by atoms with Gasteiger partial charge in [0.05, 0.1) is 23.8 Å². The fourth-order valence-electron chi connectivity index (χ4n) is 6.95. The fourth-order valence-corrected chi connectivity index (χ4v) is 6.95.